The lowest BCUT2D eigenvalue weighted by atomic mass is 9.58. The maximum absolute atomic E-state index is 13.5. The number of halogens is 3. The Balaban J connectivity index is 1.33. The Morgan fingerprint density at radius 3 is 1.83 bits per heavy atom. The molecule has 7 aromatic rings. The minimum Gasteiger partial charge on any atom is -0.496 e. The van der Waals surface area contributed by atoms with Crippen molar-refractivity contribution in [2.45, 2.75) is 71.5 Å². The van der Waals surface area contributed by atoms with E-state index in [1.165, 1.54) is 51.5 Å². The molecule has 5 aliphatic heterocycles. The lowest BCUT2D eigenvalue weighted by Crippen LogP contribution is -2.44. The van der Waals surface area contributed by atoms with Gasteiger partial charge in [-0.2, -0.15) is 0 Å². The van der Waals surface area contributed by atoms with Crippen molar-refractivity contribution in [1.82, 2.24) is 4.58 Å². The van der Waals surface area contributed by atoms with Crippen molar-refractivity contribution in [3.63, 3.8) is 0 Å². The molecule has 10 nitrogen and oxygen atoms in total. The fourth-order valence-electron chi connectivity index (χ4n) is 12.9. The van der Waals surface area contributed by atoms with Gasteiger partial charge in [0.2, 0.25) is 5.36 Å². The summed E-state index contributed by atoms with van der Waals surface area (Å²) in [5.41, 5.74) is 8.71. The van der Waals surface area contributed by atoms with Crippen molar-refractivity contribution in [2.75, 3.05) is 38.2 Å². The molecule has 350 valence electrons. The number of ether oxygens (including phenoxy) is 2. The van der Waals surface area contributed by atoms with E-state index in [1.54, 1.807) is 43.5 Å². The Kier molecular flexibility index (Phi) is 9.64. The molecule has 69 heavy (non-hydrogen) atoms. The van der Waals surface area contributed by atoms with Gasteiger partial charge in [0.15, 0.2) is 0 Å². The molecule has 16 heteroatoms. The summed E-state index contributed by atoms with van der Waals surface area (Å²) in [5, 5.41) is 5.89. The number of methoxy groups -OCH3 is 1. The van der Waals surface area contributed by atoms with Crippen molar-refractivity contribution >= 4 is 92.0 Å². The molecule has 0 bridgehead atoms. The van der Waals surface area contributed by atoms with E-state index in [0.717, 1.165) is 99.1 Å². The average Bonchev–Trinajstić information content (AvgIpc) is 3.32. The van der Waals surface area contributed by atoms with E-state index in [1.807, 2.05) is 0 Å². The zero-order valence-corrected chi connectivity index (χ0v) is 41.9. The average molecular weight is 1040 g/mol. The highest BCUT2D eigenvalue weighted by molar-refractivity contribution is 8.14. The van der Waals surface area contributed by atoms with Crippen LogP contribution in [0.15, 0.2) is 106 Å². The summed E-state index contributed by atoms with van der Waals surface area (Å²) in [4.78, 5) is 2.02. The van der Waals surface area contributed by atoms with Gasteiger partial charge in [-0.05, 0) is 184 Å². The Bertz CT molecular complexity index is 3960. The molecule has 0 saturated carbocycles. The van der Waals surface area contributed by atoms with E-state index in [9.17, 15) is 25.3 Å². The van der Waals surface area contributed by atoms with E-state index >= 15 is 0 Å². The van der Waals surface area contributed by atoms with Crippen LogP contribution < -0.4 is 29.5 Å². The Hall–Kier alpha value is -5.15. The third-order valence-electron chi connectivity index (χ3n) is 15.5. The van der Waals surface area contributed by atoms with Crippen LogP contribution in [0.4, 0.5) is 5.69 Å². The lowest BCUT2D eigenvalue weighted by molar-refractivity contribution is 0.413. The van der Waals surface area contributed by atoms with Crippen molar-refractivity contribution in [1.29, 1.82) is 0 Å². The third-order valence-corrected chi connectivity index (χ3v) is 19.6. The van der Waals surface area contributed by atoms with Gasteiger partial charge in [0.1, 0.15) is 30.3 Å². The summed E-state index contributed by atoms with van der Waals surface area (Å²) < 4.78 is 96.1. The first-order valence-corrected chi connectivity index (χ1v) is 30.1. The number of nitrogens with zero attached hydrogens (tertiary/aromatic N) is 2. The topological polar surface area (TPSA) is 127 Å². The molecule has 0 fully saturated rings. The summed E-state index contributed by atoms with van der Waals surface area (Å²) in [6.45, 7) is 3.80. The van der Waals surface area contributed by atoms with Gasteiger partial charge < -0.3 is 14.4 Å². The predicted molar refractivity (Wildman–Crippen MR) is 269 cm³/mol. The molecule has 7 aromatic carbocycles. The van der Waals surface area contributed by atoms with E-state index in [2.05, 4.69) is 45.9 Å². The smallest absolute Gasteiger partial charge is 0.261 e. The van der Waals surface area contributed by atoms with Crippen LogP contribution in [0, 0.1) is 0 Å². The quantitative estimate of drug-likeness (QED) is 0.123. The Morgan fingerprint density at radius 1 is 0.580 bits per heavy atom. The molecule has 0 aromatic heterocycles. The zero-order chi connectivity index (χ0) is 47.5. The first kappa shape index (κ1) is 43.8. The van der Waals surface area contributed by atoms with Crippen LogP contribution in [0.1, 0.15) is 81.3 Å². The minimum absolute atomic E-state index is 0.120. The van der Waals surface area contributed by atoms with E-state index in [4.69, 9.17) is 41.5 Å². The summed E-state index contributed by atoms with van der Waals surface area (Å²) in [7, 11) is 7.28. The van der Waals surface area contributed by atoms with E-state index in [0.29, 0.717) is 61.4 Å². The number of anilines is 1. The van der Waals surface area contributed by atoms with Gasteiger partial charge in [-0.25, -0.2) is 29.8 Å². The molecule has 0 amide bonds. The second-order valence-electron chi connectivity index (χ2n) is 19.1. The maximum atomic E-state index is 13.5. The number of hydrogen-bond donors (Lipinski definition) is 0. The van der Waals surface area contributed by atoms with Crippen LogP contribution in [-0.2, 0) is 58.3 Å². The molecule has 1 aliphatic carbocycles. The summed E-state index contributed by atoms with van der Waals surface area (Å²) in [6, 6.07) is 27.0. The van der Waals surface area contributed by atoms with Crippen LogP contribution in [0.2, 0.25) is 0 Å². The standard InChI is InChI=1S/C53H42Cl3N2O8S3/c1-65-47-13-10-33(67(54,59)60)24-42(47)50-40-22-31-20-29-6-2-16-57-18-4-8-36(51(29)57)38(31)27-43(40)53(44-28-39-32(23-41(44)50)21-30-7-3-17-58-19-5-9-37(39)52(30)58)45-25-34(68(55,61)62)11-14-48(45)66-49-15-12-35(26-46(49)53)69(56,63)64/h10-15,20-28H,2-9,16-19H2,1H3/q+1. The molecule has 0 radical (unpaired) electrons. The number of fused-ring (bicyclic) bond motifs is 12. The molecule has 0 unspecified atom stereocenters. The minimum atomic E-state index is -4.35. The van der Waals surface area contributed by atoms with Gasteiger partial charge >= 0.3 is 0 Å². The summed E-state index contributed by atoms with van der Waals surface area (Å²) >= 11 is 0. The predicted octanol–water partition coefficient (Wildman–Crippen LogP) is 8.92. The molecule has 1 spiro atoms. The molecular weight excluding hydrogens is 995 g/mol. The SMILES string of the molecule is COc1ccc(S(=O)(=O)Cl)cc1C1=c2cc3cc4c5c(c3cc2C2(c3cc(S(=O)(=O)Cl)ccc3Oc3ccc(S(=O)(=O)Cl)cc32)c2cc3c6c7c(cc3cc21)CCCN7CCC6)CCC[N+]=5CCC4. The van der Waals surface area contributed by atoms with Gasteiger partial charge in [0.25, 0.3) is 27.2 Å². The third kappa shape index (κ3) is 6.46. The van der Waals surface area contributed by atoms with Gasteiger partial charge in [0, 0.05) is 97.1 Å². The summed E-state index contributed by atoms with van der Waals surface area (Å²) in [6.07, 6.45) is 7.44. The molecule has 0 N–H and O–H groups in total. The highest BCUT2D eigenvalue weighted by Crippen LogP contribution is 2.60. The second-order valence-corrected chi connectivity index (χ2v) is 26.8. The van der Waals surface area contributed by atoms with E-state index < -0.39 is 32.6 Å². The maximum Gasteiger partial charge on any atom is 0.261 e. The highest BCUT2D eigenvalue weighted by atomic mass is 35.7. The highest BCUT2D eigenvalue weighted by Gasteiger charge is 2.51. The number of hydrogen-bond acceptors (Lipinski definition) is 9. The summed E-state index contributed by atoms with van der Waals surface area (Å²) in [5.74, 6) is 1.09. The van der Waals surface area contributed by atoms with Crippen molar-refractivity contribution in [3.8, 4) is 17.2 Å². The normalized spacial score (nSPS) is 17.7. The number of rotatable bonds is 5. The first-order chi connectivity index (χ1) is 33.0. The van der Waals surface area contributed by atoms with Crippen LogP contribution in [0.25, 0.3) is 27.1 Å². The molecule has 0 saturated heterocycles. The van der Waals surface area contributed by atoms with Crippen LogP contribution >= 0.6 is 32.0 Å². The van der Waals surface area contributed by atoms with Gasteiger partial charge in [-0.3, -0.25) is 0 Å². The molecule has 0 atom stereocenters. The molecule has 13 rings (SSSR count). The lowest BCUT2D eigenvalue weighted by Gasteiger charge is -2.46. The zero-order valence-electron chi connectivity index (χ0n) is 37.2. The van der Waals surface area contributed by atoms with Crippen molar-refractivity contribution in [2.24, 2.45) is 0 Å². The fraction of sp³-hybridized carbons (Fsp3) is 0.264. The first-order valence-electron chi connectivity index (χ1n) is 23.2. The van der Waals surface area contributed by atoms with Gasteiger partial charge in [0.05, 0.1) is 27.2 Å². The molecule has 6 aliphatic rings. The molecular formula is C53H42Cl3N2O8S3+. The van der Waals surface area contributed by atoms with Crippen molar-refractivity contribution < 1.29 is 34.7 Å². The Morgan fingerprint density at radius 2 is 1.14 bits per heavy atom. The largest absolute Gasteiger partial charge is 0.496 e. The van der Waals surface area contributed by atoms with E-state index in [-0.39, 0.29) is 14.7 Å². The van der Waals surface area contributed by atoms with Crippen molar-refractivity contribution in [3.05, 3.63) is 157 Å². The van der Waals surface area contributed by atoms with Gasteiger partial charge in [-0.15, -0.1) is 0 Å². The molecule has 5 heterocycles. The van der Waals surface area contributed by atoms with Crippen LogP contribution in [-0.4, -0.2) is 58.5 Å². The van der Waals surface area contributed by atoms with Crippen LogP contribution in [0.3, 0.4) is 0 Å². The number of aryl methyl sites for hydroxylation is 4. The monoisotopic (exact) mass is 1040 g/mol. The number of benzene rings is 7. The van der Waals surface area contributed by atoms with Crippen LogP contribution in [0.5, 0.6) is 17.2 Å². The second kappa shape index (κ2) is 15.2. The fourth-order valence-corrected chi connectivity index (χ4v) is 15.2. The Labute approximate surface area is 412 Å². The van der Waals surface area contributed by atoms with Gasteiger partial charge in [-0.1, -0.05) is 0 Å².